The summed E-state index contributed by atoms with van der Waals surface area (Å²) < 4.78 is 11.5. The molecule has 0 bridgehead atoms. The fourth-order valence-corrected chi connectivity index (χ4v) is 10.6. The maximum Gasteiger partial charge on any atom is 0.164 e. The largest absolute Gasteiger partial charge is 0.456 e. The van der Waals surface area contributed by atoms with Crippen molar-refractivity contribution < 1.29 is 4.42 Å². The first-order chi connectivity index (χ1) is 31.2. The molecular formula is C57H34N4OS. The summed E-state index contributed by atoms with van der Waals surface area (Å²) in [6, 6.07) is 72.6. The standard InChI is InChI=1S/C57H34N4OS/c1-3-14-35(15-4-1)37-28-30-44-52(34-37)63-51-27-13-22-41(54(44)51)38-29-31-49-46(33-38)53-45(23-12-26-50(53)62-49)57-59-55(36-16-5-2-6-17-36)58-56(60-57)39-18-11-19-40(32-39)61-47-24-9-7-20-42(47)43-21-8-10-25-48(43)61/h1-34H. The maximum atomic E-state index is 6.59. The molecule has 0 fully saturated rings. The van der Waals surface area contributed by atoms with Crippen LogP contribution in [0.2, 0.25) is 0 Å². The molecule has 4 aromatic heterocycles. The van der Waals surface area contributed by atoms with Crippen LogP contribution in [0.1, 0.15) is 0 Å². The van der Waals surface area contributed by atoms with Crippen LogP contribution < -0.4 is 0 Å². The molecule has 0 saturated carbocycles. The van der Waals surface area contributed by atoms with Crippen LogP contribution in [0, 0.1) is 0 Å². The number of aromatic nitrogens is 4. The smallest absolute Gasteiger partial charge is 0.164 e. The van der Waals surface area contributed by atoms with Crippen molar-refractivity contribution in [2.45, 2.75) is 0 Å². The number of hydrogen-bond acceptors (Lipinski definition) is 5. The molecule has 0 unspecified atom stereocenters. The minimum Gasteiger partial charge on any atom is -0.456 e. The van der Waals surface area contributed by atoms with Gasteiger partial charge in [0.25, 0.3) is 0 Å². The van der Waals surface area contributed by atoms with Crippen molar-refractivity contribution in [3.05, 3.63) is 206 Å². The van der Waals surface area contributed by atoms with E-state index in [-0.39, 0.29) is 0 Å². The van der Waals surface area contributed by atoms with Gasteiger partial charge in [0.05, 0.1) is 11.0 Å². The Labute approximate surface area is 365 Å². The summed E-state index contributed by atoms with van der Waals surface area (Å²) in [5, 5.41) is 6.94. The van der Waals surface area contributed by atoms with Crippen molar-refractivity contribution in [1.82, 2.24) is 19.5 Å². The summed E-state index contributed by atoms with van der Waals surface area (Å²) in [6.45, 7) is 0. The first-order valence-electron chi connectivity index (χ1n) is 21.1. The van der Waals surface area contributed by atoms with Crippen molar-refractivity contribution in [2.75, 3.05) is 0 Å². The van der Waals surface area contributed by atoms with Gasteiger partial charge in [0.1, 0.15) is 11.2 Å². The van der Waals surface area contributed by atoms with Gasteiger partial charge >= 0.3 is 0 Å². The van der Waals surface area contributed by atoms with E-state index in [1.807, 2.05) is 41.7 Å². The van der Waals surface area contributed by atoms with E-state index < -0.39 is 0 Å². The average Bonchev–Trinajstić information content (AvgIpc) is 4.03. The number of thiophene rings is 1. The zero-order valence-corrected chi connectivity index (χ0v) is 34.6. The fraction of sp³-hybridized carbons (Fsp3) is 0. The van der Waals surface area contributed by atoms with Gasteiger partial charge in [-0.2, -0.15) is 0 Å². The first-order valence-corrected chi connectivity index (χ1v) is 21.9. The molecule has 0 aliphatic heterocycles. The van der Waals surface area contributed by atoms with Crippen molar-refractivity contribution in [3.8, 4) is 62.1 Å². The molecular weight excluding hydrogens is 789 g/mol. The Kier molecular flexibility index (Phi) is 8.01. The van der Waals surface area contributed by atoms with Gasteiger partial charge in [-0.25, -0.2) is 15.0 Å². The van der Waals surface area contributed by atoms with Crippen LogP contribution in [-0.2, 0) is 0 Å². The normalized spacial score (nSPS) is 11.8. The SMILES string of the molecule is c1ccc(-c2ccc3c(c2)sc2cccc(-c4ccc5oc6cccc(-c7nc(-c8ccccc8)nc(-c8cccc(-n9c%10ccccc%10c%10ccccc%109)c8)n7)c6c5c4)c23)cc1. The highest BCUT2D eigenvalue weighted by Crippen LogP contribution is 2.44. The van der Waals surface area contributed by atoms with Gasteiger partial charge in [0, 0.05) is 64.1 Å². The molecule has 0 atom stereocenters. The van der Waals surface area contributed by atoms with Crippen molar-refractivity contribution >= 4 is 75.3 Å². The average molecular weight is 823 g/mol. The molecule has 5 nitrogen and oxygen atoms in total. The summed E-state index contributed by atoms with van der Waals surface area (Å²) in [6.07, 6.45) is 0. The molecule has 13 rings (SSSR count). The zero-order chi connectivity index (χ0) is 41.4. The van der Waals surface area contributed by atoms with E-state index in [4.69, 9.17) is 19.4 Å². The Morgan fingerprint density at radius 2 is 0.984 bits per heavy atom. The van der Waals surface area contributed by atoms with E-state index in [0.29, 0.717) is 17.5 Å². The van der Waals surface area contributed by atoms with E-state index in [1.165, 1.54) is 47.6 Å². The fourth-order valence-electron chi connectivity index (χ4n) is 9.38. The number of benzene rings is 9. The van der Waals surface area contributed by atoms with Gasteiger partial charge in [-0.15, -0.1) is 11.3 Å². The van der Waals surface area contributed by atoms with Gasteiger partial charge < -0.3 is 8.98 Å². The van der Waals surface area contributed by atoms with Crippen molar-refractivity contribution in [2.24, 2.45) is 0 Å². The predicted octanol–water partition coefficient (Wildman–Crippen LogP) is 15.6. The Hall–Kier alpha value is -8.19. The highest BCUT2D eigenvalue weighted by molar-refractivity contribution is 7.26. The molecule has 0 amide bonds. The summed E-state index contributed by atoms with van der Waals surface area (Å²) in [5.74, 6) is 1.79. The third-order valence-electron chi connectivity index (χ3n) is 12.3. The predicted molar refractivity (Wildman–Crippen MR) is 262 cm³/mol. The van der Waals surface area contributed by atoms with Crippen molar-refractivity contribution in [1.29, 1.82) is 0 Å². The van der Waals surface area contributed by atoms with Gasteiger partial charge in [0.2, 0.25) is 0 Å². The quantitative estimate of drug-likeness (QED) is 0.168. The van der Waals surface area contributed by atoms with E-state index in [1.54, 1.807) is 0 Å². The lowest BCUT2D eigenvalue weighted by molar-refractivity contribution is 0.669. The molecule has 13 aromatic rings. The molecule has 0 aliphatic carbocycles. The second-order valence-corrected chi connectivity index (χ2v) is 17.0. The highest BCUT2D eigenvalue weighted by Gasteiger charge is 2.20. The molecule has 0 radical (unpaired) electrons. The third-order valence-corrected chi connectivity index (χ3v) is 13.4. The second-order valence-electron chi connectivity index (χ2n) is 15.9. The topological polar surface area (TPSA) is 56.7 Å². The Bertz CT molecular complexity index is 3870. The lowest BCUT2D eigenvalue weighted by atomic mass is 9.96. The number of nitrogens with zero attached hydrogens (tertiary/aromatic N) is 4. The Morgan fingerprint density at radius 1 is 0.349 bits per heavy atom. The zero-order valence-electron chi connectivity index (χ0n) is 33.7. The van der Waals surface area contributed by atoms with Crippen LogP contribution in [0.5, 0.6) is 0 Å². The molecule has 4 heterocycles. The van der Waals surface area contributed by atoms with E-state index in [9.17, 15) is 0 Å². The Balaban J connectivity index is 0.980. The number of furan rings is 1. The van der Waals surface area contributed by atoms with Gasteiger partial charge in [-0.05, 0) is 76.9 Å². The summed E-state index contributed by atoms with van der Waals surface area (Å²) in [4.78, 5) is 15.6. The van der Waals surface area contributed by atoms with Crippen LogP contribution in [0.4, 0.5) is 0 Å². The molecule has 9 aromatic carbocycles. The Morgan fingerprint density at radius 3 is 1.78 bits per heavy atom. The minimum atomic E-state index is 0.583. The first kappa shape index (κ1) is 35.6. The third kappa shape index (κ3) is 5.80. The maximum absolute atomic E-state index is 6.59. The monoisotopic (exact) mass is 822 g/mol. The highest BCUT2D eigenvalue weighted by atomic mass is 32.1. The number of rotatable bonds is 6. The molecule has 6 heteroatoms. The van der Waals surface area contributed by atoms with E-state index in [2.05, 4.69) is 180 Å². The summed E-state index contributed by atoms with van der Waals surface area (Å²) in [7, 11) is 0. The summed E-state index contributed by atoms with van der Waals surface area (Å²) >= 11 is 1.84. The lowest BCUT2D eigenvalue weighted by Gasteiger charge is -2.12. The van der Waals surface area contributed by atoms with Crippen LogP contribution in [0.15, 0.2) is 211 Å². The van der Waals surface area contributed by atoms with Gasteiger partial charge in [-0.1, -0.05) is 152 Å². The van der Waals surface area contributed by atoms with Crippen LogP contribution in [0.25, 0.3) is 126 Å². The van der Waals surface area contributed by atoms with E-state index >= 15 is 0 Å². The second kappa shape index (κ2) is 14.2. The molecule has 0 N–H and O–H groups in total. The van der Waals surface area contributed by atoms with Crippen LogP contribution in [0.3, 0.4) is 0 Å². The van der Waals surface area contributed by atoms with Gasteiger partial charge in [-0.3, -0.25) is 0 Å². The van der Waals surface area contributed by atoms with Gasteiger partial charge in [0.15, 0.2) is 17.5 Å². The van der Waals surface area contributed by atoms with Crippen molar-refractivity contribution in [3.63, 3.8) is 0 Å². The molecule has 294 valence electrons. The lowest BCUT2D eigenvalue weighted by Crippen LogP contribution is -2.01. The summed E-state index contributed by atoms with van der Waals surface area (Å²) in [5.41, 5.74) is 12.4. The van der Waals surface area contributed by atoms with E-state index in [0.717, 1.165) is 60.9 Å². The number of para-hydroxylation sites is 2. The van der Waals surface area contributed by atoms with Crippen LogP contribution >= 0.6 is 11.3 Å². The molecule has 0 aliphatic rings. The number of fused-ring (bicyclic) bond motifs is 9. The molecule has 63 heavy (non-hydrogen) atoms. The van der Waals surface area contributed by atoms with Crippen LogP contribution in [-0.4, -0.2) is 19.5 Å². The number of hydrogen-bond donors (Lipinski definition) is 0. The molecule has 0 spiro atoms. The minimum absolute atomic E-state index is 0.583. The molecule has 0 saturated heterocycles.